The molecule has 2 heterocycles. The number of nitrogens with zero attached hydrogens (tertiary/aromatic N) is 2. The quantitative estimate of drug-likeness (QED) is 0.400. The molecule has 2 aromatic heterocycles. The molecule has 0 N–H and O–H groups in total. The molecule has 0 saturated carbocycles. The van der Waals surface area contributed by atoms with Crippen molar-refractivity contribution in [1.29, 1.82) is 0 Å². The van der Waals surface area contributed by atoms with Crippen LogP contribution in [0.4, 0.5) is 0 Å². The van der Waals surface area contributed by atoms with E-state index in [0.29, 0.717) is 22.9 Å². The summed E-state index contributed by atoms with van der Waals surface area (Å²) in [6.45, 7) is 0. The van der Waals surface area contributed by atoms with Gasteiger partial charge in [-0.25, -0.2) is 4.79 Å². The highest BCUT2D eigenvalue weighted by Gasteiger charge is 2.22. The minimum atomic E-state index is -0.182. The van der Waals surface area contributed by atoms with E-state index >= 15 is 0 Å². The fourth-order valence-corrected chi connectivity index (χ4v) is 4.23. The summed E-state index contributed by atoms with van der Waals surface area (Å²) in [5.41, 5.74) is 3.00. The van der Waals surface area contributed by atoms with Gasteiger partial charge in [-0.15, -0.1) is 0 Å². The van der Waals surface area contributed by atoms with Crippen LogP contribution in [0.5, 0.6) is 17.2 Å². The summed E-state index contributed by atoms with van der Waals surface area (Å²) in [7, 11) is 4.68. The first-order valence-electron chi connectivity index (χ1n) is 10.2. The van der Waals surface area contributed by atoms with Crippen molar-refractivity contribution in [2.45, 2.75) is 0 Å². The topological polar surface area (TPSA) is 54.1 Å². The summed E-state index contributed by atoms with van der Waals surface area (Å²) in [4.78, 5) is 13.7. The molecule has 6 nitrogen and oxygen atoms in total. The molecule has 0 saturated heterocycles. The van der Waals surface area contributed by atoms with Crippen LogP contribution in [0.25, 0.3) is 33.2 Å². The molecule has 5 aromatic rings. The average Bonchev–Trinajstić information content (AvgIpc) is 3.16. The van der Waals surface area contributed by atoms with Crippen LogP contribution in [0.1, 0.15) is 0 Å². The van der Waals surface area contributed by atoms with E-state index in [-0.39, 0.29) is 5.69 Å². The Kier molecular flexibility index (Phi) is 4.82. The van der Waals surface area contributed by atoms with Crippen molar-refractivity contribution >= 4 is 16.3 Å². The lowest BCUT2D eigenvalue weighted by atomic mass is 10.1. The third-order valence-corrected chi connectivity index (χ3v) is 5.66. The minimum absolute atomic E-state index is 0.182. The molecule has 0 spiro atoms. The maximum Gasteiger partial charge on any atom is 0.337 e. The zero-order valence-electron chi connectivity index (χ0n) is 18.0. The van der Waals surface area contributed by atoms with Gasteiger partial charge in [-0.3, -0.25) is 8.97 Å². The van der Waals surface area contributed by atoms with E-state index in [1.165, 1.54) is 0 Å². The van der Waals surface area contributed by atoms with Crippen LogP contribution in [0.2, 0.25) is 0 Å². The van der Waals surface area contributed by atoms with Gasteiger partial charge >= 0.3 is 5.69 Å². The number of hydrogen-bond donors (Lipinski definition) is 0. The normalized spacial score (nSPS) is 11.1. The van der Waals surface area contributed by atoms with Gasteiger partial charge in [0, 0.05) is 29.3 Å². The van der Waals surface area contributed by atoms with Crippen LogP contribution in [0.3, 0.4) is 0 Å². The molecule has 32 heavy (non-hydrogen) atoms. The van der Waals surface area contributed by atoms with Gasteiger partial charge in [-0.1, -0.05) is 54.6 Å². The van der Waals surface area contributed by atoms with Crippen LogP contribution < -0.4 is 19.9 Å². The van der Waals surface area contributed by atoms with Gasteiger partial charge in [0.1, 0.15) is 0 Å². The predicted molar refractivity (Wildman–Crippen MR) is 126 cm³/mol. The van der Waals surface area contributed by atoms with Gasteiger partial charge in [-0.2, -0.15) is 0 Å². The highest BCUT2D eigenvalue weighted by atomic mass is 16.5. The number of rotatable bonds is 5. The lowest BCUT2D eigenvalue weighted by molar-refractivity contribution is 0.324. The Morgan fingerprint density at radius 1 is 0.750 bits per heavy atom. The summed E-state index contributed by atoms with van der Waals surface area (Å²) in [6, 6.07) is 23.5. The summed E-state index contributed by atoms with van der Waals surface area (Å²) in [5.74, 6) is 1.43. The molecule has 0 atom stereocenters. The van der Waals surface area contributed by atoms with Crippen molar-refractivity contribution in [3.63, 3.8) is 0 Å². The number of fused-ring (bicyclic) bond motifs is 3. The molecule has 0 amide bonds. The van der Waals surface area contributed by atoms with Crippen LogP contribution in [0, 0.1) is 0 Å². The summed E-state index contributed by atoms with van der Waals surface area (Å²) in [5, 5.41) is 2.06. The number of benzene rings is 3. The highest BCUT2D eigenvalue weighted by molar-refractivity contribution is 6.02. The SMILES string of the molecule is COc1cc(-n2c(-c3ccccc3)c3c4ccccc4ccn3c2=O)cc(OC)c1OC. The van der Waals surface area contributed by atoms with Crippen molar-refractivity contribution in [3.05, 3.63) is 89.5 Å². The van der Waals surface area contributed by atoms with Crippen LogP contribution in [-0.4, -0.2) is 30.3 Å². The van der Waals surface area contributed by atoms with Gasteiger partial charge in [0.25, 0.3) is 0 Å². The standard InChI is InChI=1S/C26H22N2O4/c1-30-21-15-19(16-22(31-2)25(21)32-3)28-23(18-10-5-4-6-11-18)24-20-12-8-7-9-17(20)13-14-27(24)26(28)29/h4-16H,1-3H3. The molecule has 0 unspecified atom stereocenters. The van der Waals surface area contributed by atoms with E-state index in [9.17, 15) is 4.79 Å². The number of imidazole rings is 1. The molecule has 5 rings (SSSR count). The Labute approximate surface area is 184 Å². The Balaban J connectivity index is 1.96. The van der Waals surface area contributed by atoms with Gasteiger partial charge < -0.3 is 14.2 Å². The number of methoxy groups -OCH3 is 3. The first kappa shape index (κ1) is 19.8. The maximum atomic E-state index is 13.7. The third-order valence-electron chi connectivity index (χ3n) is 5.66. The second kappa shape index (κ2) is 7.81. The fourth-order valence-electron chi connectivity index (χ4n) is 4.23. The Hall–Kier alpha value is -4.19. The van der Waals surface area contributed by atoms with E-state index in [0.717, 1.165) is 27.5 Å². The fraction of sp³-hybridized carbons (Fsp3) is 0.115. The van der Waals surface area contributed by atoms with Crippen molar-refractivity contribution in [3.8, 4) is 34.2 Å². The minimum Gasteiger partial charge on any atom is -0.493 e. The smallest absolute Gasteiger partial charge is 0.337 e. The van der Waals surface area contributed by atoms with E-state index in [1.807, 2.05) is 66.9 Å². The summed E-state index contributed by atoms with van der Waals surface area (Å²) >= 11 is 0. The molecule has 0 bridgehead atoms. The molecule has 0 radical (unpaired) electrons. The molecular formula is C26H22N2O4. The number of pyridine rings is 1. The predicted octanol–water partition coefficient (Wildman–Crippen LogP) is 4.94. The molecule has 0 aliphatic rings. The molecule has 160 valence electrons. The summed E-state index contributed by atoms with van der Waals surface area (Å²) in [6.07, 6.45) is 1.82. The van der Waals surface area contributed by atoms with Crippen LogP contribution in [0.15, 0.2) is 83.8 Å². The molecule has 0 aliphatic heterocycles. The third kappa shape index (κ3) is 2.92. The molecule has 3 aromatic carbocycles. The number of ether oxygens (including phenoxy) is 3. The second-order valence-corrected chi connectivity index (χ2v) is 7.34. The first-order chi connectivity index (χ1) is 15.7. The van der Waals surface area contributed by atoms with Gasteiger partial charge in [-0.05, 0) is 11.5 Å². The van der Waals surface area contributed by atoms with Crippen LogP contribution in [-0.2, 0) is 0 Å². The monoisotopic (exact) mass is 426 g/mol. The first-order valence-corrected chi connectivity index (χ1v) is 10.2. The zero-order chi connectivity index (χ0) is 22.2. The van der Waals surface area contributed by atoms with Crippen molar-refractivity contribution < 1.29 is 14.2 Å². The molecule has 0 fully saturated rings. The largest absolute Gasteiger partial charge is 0.493 e. The van der Waals surface area contributed by atoms with E-state index in [2.05, 4.69) is 0 Å². The van der Waals surface area contributed by atoms with Crippen molar-refractivity contribution in [2.24, 2.45) is 0 Å². The average molecular weight is 426 g/mol. The van der Waals surface area contributed by atoms with Crippen molar-refractivity contribution in [1.82, 2.24) is 8.97 Å². The van der Waals surface area contributed by atoms with Gasteiger partial charge in [0.05, 0.1) is 38.2 Å². The lowest BCUT2D eigenvalue weighted by Crippen LogP contribution is -2.19. The van der Waals surface area contributed by atoms with Crippen molar-refractivity contribution in [2.75, 3.05) is 21.3 Å². The Morgan fingerprint density at radius 3 is 2.06 bits per heavy atom. The van der Waals surface area contributed by atoms with Crippen LogP contribution >= 0.6 is 0 Å². The van der Waals surface area contributed by atoms with Gasteiger partial charge in [0.2, 0.25) is 5.75 Å². The second-order valence-electron chi connectivity index (χ2n) is 7.34. The zero-order valence-corrected chi connectivity index (χ0v) is 18.0. The Morgan fingerprint density at radius 2 is 1.41 bits per heavy atom. The number of aromatic nitrogens is 2. The van der Waals surface area contributed by atoms with Gasteiger partial charge in [0.15, 0.2) is 11.5 Å². The number of hydrogen-bond acceptors (Lipinski definition) is 4. The van der Waals surface area contributed by atoms with E-state index < -0.39 is 0 Å². The highest BCUT2D eigenvalue weighted by Crippen LogP contribution is 2.40. The molecular weight excluding hydrogens is 404 g/mol. The van der Waals surface area contributed by atoms with E-state index in [1.54, 1.807) is 42.4 Å². The molecule has 0 aliphatic carbocycles. The Bertz CT molecular complexity index is 1470. The molecule has 6 heteroatoms. The van der Waals surface area contributed by atoms with E-state index in [4.69, 9.17) is 14.2 Å². The lowest BCUT2D eigenvalue weighted by Gasteiger charge is -2.15. The summed E-state index contributed by atoms with van der Waals surface area (Å²) < 4.78 is 19.9. The maximum absolute atomic E-state index is 13.7.